The summed E-state index contributed by atoms with van der Waals surface area (Å²) < 4.78 is 50.9. The van der Waals surface area contributed by atoms with E-state index in [9.17, 15) is 22.0 Å². The van der Waals surface area contributed by atoms with Crippen molar-refractivity contribution in [3.63, 3.8) is 0 Å². The lowest BCUT2D eigenvalue weighted by atomic mass is 10.3. The minimum atomic E-state index is -4.02. The first-order valence-electron chi connectivity index (χ1n) is 5.56. The largest absolute Gasteiger partial charge is 0.351 e. The number of carbonyl (C=O) groups is 1. The van der Waals surface area contributed by atoms with E-state index in [0.717, 1.165) is 24.5 Å². The molecular formula is C12H14F2N2O3S. The molecule has 0 aliphatic carbocycles. The quantitative estimate of drug-likeness (QED) is 0.798. The molecule has 0 saturated carbocycles. The van der Waals surface area contributed by atoms with Gasteiger partial charge in [-0.2, -0.15) is 0 Å². The fraction of sp³-hybridized carbons (Fsp3) is 0.250. The Bertz CT molecular complexity index is 597. The van der Waals surface area contributed by atoms with E-state index >= 15 is 0 Å². The van der Waals surface area contributed by atoms with Crippen molar-refractivity contribution in [3.8, 4) is 0 Å². The van der Waals surface area contributed by atoms with Crippen molar-refractivity contribution in [3.05, 3.63) is 42.5 Å². The number of benzene rings is 1. The predicted octanol–water partition coefficient (Wildman–Crippen LogP) is 1.03. The molecule has 0 radical (unpaired) electrons. The average molecular weight is 304 g/mol. The predicted molar refractivity (Wildman–Crippen MR) is 71.8 cm³/mol. The summed E-state index contributed by atoms with van der Waals surface area (Å²) in [6.07, 6.45) is 2.16. The van der Waals surface area contributed by atoms with Crippen molar-refractivity contribution in [2.75, 3.05) is 23.7 Å². The number of rotatable bonds is 6. The van der Waals surface area contributed by atoms with Gasteiger partial charge in [0.2, 0.25) is 15.9 Å². The van der Waals surface area contributed by atoms with Crippen molar-refractivity contribution in [1.82, 2.24) is 5.32 Å². The second kappa shape index (κ2) is 6.47. The fourth-order valence-corrected chi connectivity index (χ4v) is 2.32. The molecule has 0 saturated heterocycles. The van der Waals surface area contributed by atoms with Gasteiger partial charge < -0.3 is 5.32 Å². The zero-order chi connectivity index (χ0) is 15.3. The summed E-state index contributed by atoms with van der Waals surface area (Å²) in [4.78, 5) is 11.5. The molecule has 110 valence electrons. The number of nitrogens with one attached hydrogen (secondary N) is 1. The van der Waals surface area contributed by atoms with Crippen LogP contribution in [0.4, 0.5) is 14.5 Å². The van der Waals surface area contributed by atoms with Gasteiger partial charge in [-0.3, -0.25) is 9.10 Å². The Balaban J connectivity index is 3.15. The summed E-state index contributed by atoms with van der Waals surface area (Å²) in [7, 11) is -4.02. The van der Waals surface area contributed by atoms with E-state index in [1.54, 1.807) is 0 Å². The molecule has 1 aromatic carbocycles. The number of anilines is 1. The number of hydrogen-bond acceptors (Lipinski definition) is 3. The first-order chi connectivity index (χ1) is 9.27. The van der Waals surface area contributed by atoms with Gasteiger partial charge in [-0.1, -0.05) is 12.1 Å². The summed E-state index contributed by atoms with van der Waals surface area (Å²) in [6, 6.07) is 2.93. The topological polar surface area (TPSA) is 66.5 Å². The fourth-order valence-electron chi connectivity index (χ4n) is 1.46. The van der Waals surface area contributed by atoms with Gasteiger partial charge in [-0.15, -0.1) is 6.58 Å². The van der Waals surface area contributed by atoms with E-state index in [4.69, 9.17) is 0 Å². The third-order valence-electron chi connectivity index (χ3n) is 2.32. The molecule has 1 N–H and O–H groups in total. The number of nitrogens with zero attached hydrogens (tertiary/aromatic N) is 1. The van der Waals surface area contributed by atoms with Crippen LogP contribution in [0.25, 0.3) is 0 Å². The maximum Gasteiger partial charge on any atom is 0.241 e. The van der Waals surface area contributed by atoms with Gasteiger partial charge in [0.25, 0.3) is 0 Å². The molecule has 0 bridgehead atoms. The van der Waals surface area contributed by atoms with Crippen molar-refractivity contribution in [1.29, 1.82) is 0 Å². The Hall–Kier alpha value is -1.96. The van der Waals surface area contributed by atoms with Crippen molar-refractivity contribution in [2.45, 2.75) is 0 Å². The van der Waals surface area contributed by atoms with E-state index < -0.39 is 39.8 Å². The maximum absolute atomic E-state index is 13.6. The SMILES string of the molecule is C=CCNC(=O)CN(c1c(F)cccc1F)S(C)(=O)=O. The lowest BCUT2D eigenvalue weighted by molar-refractivity contribution is -0.119. The van der Waals surface area contributed by atoms with Crippen LogP contribution in [0.5, 0.6) is 0 Å². The highest BCUT2D eigenvalue weighted by atomic mass is 32.2. The van der Waals surface area contributed by atoms with E-state index in [-0.39, 0.29) is 6.54 Å². The highest BCUT2D eigenvalue weighted by Crippen LogP contribution is 2.25. The van der Waals surface area contributed by atoms with Crippen LogP contribution in [0.1, 0.15) is 0 Å². The molecular weight excluding hydrogens is 290 g/mol. The Morgan fingerprint density at radius 2 is 1.95 bits per heavy atom. The second-order valence-corrected chi connectivity index (χ2v) is 5.84. The van der Waals surface area contributed by atoms with E-state index in [1.807, 2.05) is 0 Å². The molecule has 1 aromatic rings. The van der Waals surface area contributed by atoms with Gasteiger partial charge in [0.05, 0.1) is 6.26 Å². The van der Waals surface area contributed by atoms with Crippen LogP contribution in [0.2, 0.25) is 0 Å². The molecule has 0 aromatic heterocycles. The van der Waals surface area contributed by atoms with Gasteiger partial charge in [0, 0.05) is 6.54 Å². The van der Waals surface area contributed by atoms with Crippen molar-refractivity contribution >= 4 is 21.6 Å². The van der Waals surface area contributed by atoms with E-state index in [0.29, 0.717) is 4.31 Å². The zero-order valence-corrected chi connectivity index (χ0v) is 11.6. The molecule has 20 heavy (non-hydrogen) atoms. The Morgan fingerprint density at radius 3 is 2.40 bits per heavy atom. The maximum atomic E-state index is 13.6. The second-order valence-electron chi connectivity index (χ2n) is 3.93. The molecule has 8 heteroatoms. The molecule has 0 aliphatic heterocycles. The van der Waals surface area contributed by atoms with Crippen molar-refractivity contribution in [2.24, 2.45) is 0 Å². The number of halogens is 2. The number of hydrogen-bond donors (Lipinski definition) is 1. The molecule has 0 atom stereocenters. The first-order valence-corrected chi connectivity index (χ1v) is 7.41. The molecule has 0 fully saturated rings. The van der Waals surface area contributed by atoms with Gasteiger partial charge in [-0.05, 0) is 12.1 Å². The van der Waals surface area contributed by atoms with Gasteiger partial charge in [0.1, 0.15) is 12.2 Å². The van der Waals surface area contributed by atoms with Crippen molar-refractivity contribution < 1.29 is 22.0 Å². The molecule has 0 spiro atoms. The Morgan fingerprint density at radius 1 is 1.40 bits per heavy atom. The number of carbonyl (C=O) groups excluding carboxylic acids is 1. The monoisotopic (exact) mass is 304 g/mol. The molecule has 0 aliphatic rings. The Labute approximate surface area is 115 Å². The number of amides is 1. The Kier molecular flexibility index (Phi) is 5.20. The number of sulfonamides is 1. The summed E-state index contributed by atoms with van der Waals surface area (Å²) in [5.41, 5.74) is -0.774. The highest BCUT2D eigenvalue weighted by molar-refractivity contribution is 7.92. The third kappa shape index (κ3) is 4.02. The van der Waals surface area contributed by atoms with E-state index in [2.05, 4.69) is 11.9 Å². The smallest absolute Gasteiger partial charge is 0.241 e. The average Bonchev–Trinajstić information content (AvgIpc) is 2.33. The zero-order valence-electron chi connectivity index (χ0n) is 10.8. The summed E-state index contributed by atoms with van der Waals surface area (Å²) in [6.45, 7) is 2.78. The van der Waals surface area contributed by atoms with Gasteiger partial charge in [0.15, 0.2) is 11.6 Å². The van der Waals surface area contributed by atoms with Crippen LogP contribution in [-0.4, -0.2) is 33.7 Å². The first kappa shape index (κ1) is 16.1. The van der Waals surface area contributed by atoms with Crippen LogP contribution in [0.15, 0.2) is 30.9 Å². The van der Waals surface area contributed by atoms with Crippen LogP contribution in [0, 0.1) is 11.6 Å². The lowest BCUT2D eigenvalue weighted by Gasteiger charge is -2.22. The number of para-hydroxylation sites is 1. The molecule has 0 heterocycles. The van der Waals surface area contributed by atoms with Gasteiger partial charge >= 0.3 is 0 Å². The highest BCUT2D eigenvalue weighted by Gasteiger charge is 2.26. The minimum absolute atomic E-state index is 0.121. The van der Waals surface area contributed by atoms with Crippen LogP contribution < -0.4 is 9.62 Å². The molecule has 1 amide bonds. The van der Waals surface area contributed by atoms with Crippen LogP contribution in [0.3, 0.4) is 0 Å². The minimum Gasteiger partial charge on any atom is -0.351 e. The standard InChI is InChI=1S/C12H14F2N2O3S/c1-3-7-15-11(17)8-16(20(2,18)19)12-9(13)5-4-6-10(12)14/h3-6H,1,7-8H2,2H3,(H,15,17). The van der Waals surface area contributed by atoms with E-state index in [1.165, 1.54) is 6.08 Å². The third-order valence-corrected chi connectivity index (χ3v) is 3.43. The normalized spacial score (nSPS) is 10.9. The van der Waals surface area contributed by atoms with Crippen LogP contribution in [-0.2, 0) is 14.8 Å². The summed E-state index contributed by atoms with van der Waals surface area (Å²) in [5.74, 6) is -2.82. The van der Waals surface area contributed by atoms with Crippen LogP contribution >= 0.6 is 0 Å². The molecule has 1 rings (SSSR count). The molecule has 5 nitrogen and oxygen atoms in total. The summed E-state index contributed by atoms with van der Waals surface area (Å²) >= 11 is 0. The summed E-state index contributed by atoms with van der Waals surface area (Å²) in [5, 5.41) is 2.34. The van der Waals surface area contributed by atoms with Gasteiger partial charge in [-0.25, -0.2) is 17.2 Å². The molecule has 0 unspecified atom stereocenters. The lowest BCUT2D eigenvalue weighted by Crippen LogP contribution is -2.41.